The first kappa shape index (κ1) is 24.8. The van der Waals surface area contributed by atoms with E-state index in [1.165, 1.54) is 46.3 Å². The lowest BCUT2D eigenvalue weighted by molar-refractivity contribution is -0.135. The maximum absolute atomic E-state index is 13.5. The van der Waals surface area contributed by atoms with Crippen LogP contribution in [0.15, 0.2) is 61.1 Å². The summed E-state index contributed by atoms with van der Waals surface area (Å²) in [7, 11) is 1.75. The molecular formula is C25H21ClN8O4. The van der Waals surface area contributed by atoms with Crippen LogP contribution in [0.4, 0.5) is 5.69 Å². The first-order valence-electron chi connectivity index (χ1n) is 11.5. The summed E-state index contributed by atoms with van der Waals surface area (Å²) in [5, 5.41) is 28.0. The molecule has 1 atom stereocenters. The van der Waals surface area contributed by atoms with Crippen molar-refractivity contribution in [3.8, 4) is 5.69 Å². The van der Waals surface area contributed by atoms with Crippen LogP contribution in [0.1, 0.15) is 33.2 Å². The van der Waals surface area contributed by atoms with Crippen molar-refractivity contribution in [2.24, 2.45) is 7.05 Å². The van der Waals surface area contributed by atoms with Gasteiger partial charge in [-0.25, -0.2) is 4.79 Å². The number of halogens is 1. The first-order chi connectivity index (χ1) is 18.3. The Labute approximate surface area is 221 Å². The molecule has 2 aromatic heterocycles. The van der Waals surface area contributed by atoms with Crippen LogP contribution in [0.5, 0.6) is 0 Å². The largest absolute Gasteiger partial charge is 0.478 e. The number of carbonyl (C=O) groups excluding carboxylic acids is 2. The predicted molar refractivity (Wildman–Crippen MR) is 137 cm³/mol. The van der Waals surface area contributed by atoms with Crippen LogP contribution in [0.2, 0.25) is 5.02 Å². The van der Waals surface area contributed by atoms with E-state index in [4.69, 9.17) is 16.7 Å². The third kappa shape index (κ3) is 5.02. The molecule has 3 heterocycles. The van der Waals surface area contributed by atoms with Crippen molar-refractivity contribution >= 4 is 41.1 Å². The smallest absolute Gasteiger partial charge is 0.335 e. The van der Waals surface area contributed by atoms with E-state index in [-0.39, 0.29) is 18.0 Å². The summed E-state index contributed by atoms with van der Waals surface area (Å²) in [6.45, 7) is 0.276. The highest BCUT2D eigenvalue weighted by Gasteiger charge is 2.37. The Morgan fingerprint density at radius 1 is 1.16 bits per heavy atom. The van der Waals surface area contributed by atoms with Crippen LogP contribution >= 0.6 is 11.6 Å². The van der Waals surface area contributed by atoms with Gasteiger partial charge in [0.2, 0.25) is 5.91 Å². The van der Waals surface area contributed by atoms with E-state index in [0.717, 1.165) is 5.69 Å². The lowest BCUT2D eigenvalue weighted by Crippen LogP contribution is -2.44. The zero-order chi connectivity index (χ0) is 26.8. The molecule has 13 heteroatoms. The molecular weight excluding hydrogens is 512 g/mol. The number of amides is 2. The van der Waals surface area contributed by atoms with Crippen LogP contribution in [0.3, 0.4) is 0 Å². The number of aromatic nitrogens is 6. The molecule has 0 spiro atoms. The molecule has 0 bridgehead atoms. The van der Waals surface area contributed by atoms with E-state index >= 15 is 0 Å². The summed E-state index contributed by atoms with van der Waals surface area (Å²) in [5.41, 5.74) is 3.09. The van der Waals surface area contributed by atoms with Crippen LogP contribution in [0, 0.1) is 0 Å². The summed E-state index contributed by atoms with van der Waals surface area (Å²) in [4.78, 5) is 39.5. The minimum atomic E-state index is -1.07. The number of fused-ring (bicyclic) bond motifs is 1. The molecule has 38 heavy (non-hydrogen) atoms. The molecule has 192 valence electrons. The summed E-state index contributed by atoms with van der Waals surface area (Å²) < 4.78 is 3.07. The van der Waals surface area contributed by atoms with Gasteiger partial charge in [-0.15, -0.1) is 5.10 Å². The predicted octanol–water partition coefficient (Wildman–Crippen LogP) is 2.53. The van der Waals surface area contributed by atoms with Crippen LogP contribution in [-0.4, -0.2) is 64.3 Å². The Morgan fingerprint density at radius 3 is 2.66 bits per heavy atom. The van der Waals surface area contributed by atoms with E-state index in [1.54, 1.807) is 42.2 Å². The number of carboxylic acid groups (broad SMARTS) is 1. The molecule has 0 radical (unpaired) electrons. The second kappa shape index (κ2) is 10.3. The maximum Gasteiger partial charge on any atom is 0.335 e. The van der Waals surface area contributed by atoms with Gasteiger partial charge in [-0.3, -0.25) is 14.3 Å². The van der Waals surface area contributed by atoms with Crippen LogP contribution in [-0.2, 0) is 23.1 Å². The molecule has 1 unspecified atom stereocenters. The second-order valence-corrected chi connectivity index (χ2v) is 8.99. The van der Waals surface area contributed by atoms with Crippen molar-refractivity contribution in [2.75, 3.05) is 11.9 Å². The van der Waals surface area contributed by atoms with Gasteiger partial charge in [0.05, 0.1) is 16.9 Å². The van der Waals surface area contributed by atoms with Crippen molar-refractivity contribution in [1.29, 1.82) is 0 Å². The Hall–Kier alpha value is -4.84. The number of benzene rings is 2. The number of carboxylic acids is 1. The van der Waals surface area contributed by atoms with Gasteiger partial charge in [0.15, 0.2) is 0 Å². The number of aromatic carboxylic acids is 1. The number of tetrazole rings is 1. The third-order valence-corrected chi connectivity index (χ3v) is 6.29. The third-order valence-electron chi connectivity index (χ3n) is 6.06. The summed E-state index contributed by atoms with van der Waals surface area (Å²) >= 11 is 6.18. The topological polar surface area (TPSA) is 148 Å². The quantitative estimate of drug-likeness (QED) is 0.360. The average molecular weight is 533 g/mol. The zero-order valence-corrected chi connectivity index (χ0v) is 20.8. The Balaban J connectivity index is 1.43. The minimum Gasteiger partial charge on any atom is -0.478 e. The molecule has 0 fully saturated rings. The van der Waals surface area contributed by atoms with Gasteiger partial charge in [-0.2, -0.15) is 9.78 Å². The number of nitrogens with zero attached hydrogens (tertiary/aromatic N) is 7. The standard InChI is InChI=1S/C25H21ClN8O4/c1-32-13-19-20(29-32)10-11-33(23(19)24(36)28-18-6-2-15(3-7-18)25(37)38)22(35)9-4-16-12-17(26)5-8-21(16)34-14-27-30-31-34/h2-9,12-14,23H,10-11H2,1H3,(H,28,36)(H,37,38). The molecule has 12 nitrogen and oxygen atoms in total. The van der Waals surface area contributed by atoms with Gasteiger partial charge in [-0.1, -0.05) is 11.6 Å². The summed E-state index contributed by atoms with van der Waals surface area (Å²) in [5.74, 6) is -1.90. The molecule has 2 N–H and O–H groups in total. The SMILES string of the molecule is Cn1cc2c(n1)CCN(C(=O)C=Cc1cc(Cl)ccc1-n1cnnn1)C2C(=O)Nc1ccc(C(=O)O)cc1. The molecule has 0 saturated carbocycles. The van der Waals surface area contributed by atoms with Crippen molar-refractivity contribution in [3.63, 3.8) is 0 Å². The van der Waals surface area contributed by atoms with E-state index in [9.17, 15) is 14.4 Å². The molecule has 0 saturated heterocycles. The lowest BCUT2D eigenvalue weighted by Gasteiger charge is -2.33. The van der Waals surface area contributed by atoms with Crippen molar-refractivity contribution < 1.29 is 19.5 Å². The number of rotatable bonds is 6. The minimum absolute atomic E-state index is 0.0965. The number of hydrogen-bond donors (Lipinski definition) is 2. The number of hydrogen-bond acceptors (Lipinski definition) is 7. The lowest BCUT2D eigenvalue weighted by atomic mass is 9.98. The summed E-state index contributed by atoms with van der Waals surface area (Å²) in [6, 6.07) is 9.96. The van der Waals surface area contributed by atoms with Crippen molar-refractivity contribution in [1.82, 2.24) is 34.9 Å². The van der Waals surface area contributed by atoms with Crippen molar-refractivity contribution in [2.45, 2.75) is 12.5 Å². The normalized spacial score (nSPS) is 14.9. The van der Waals surface area contributed by atoms with Crippen LogP contribution < -0.4 is 5.32 Å². The average Bonchev–Trinajstić information content (AvgIpc) is 3.56. The molecule has 1 aliphatic rings. The van der Waals surface area contributed by atoms with Crippen LogP contribution in [0.25, 0.3) is 11.8 Å². The molecule has 1 aliphatic heterocycles. The fourth-order valence-electron chi connectivity index (χ4n) is 4.32. The highest BCUT2D eigenvalue weighted by atomic mass is 35.5. The Bertz CT molecular complexity index is 1550. The monoisotopic (exact) mass is 532 g/mol. The second-order valence-electron chi connectivity index (χ2n) is 8.55. The Morgan fingerprint density at radius 2 is 1.95 bits per heavy atom. The Kier molecular flexibility index (Phi) is 6.71. The van der Waals surface area contributed by atoms with E-state index < -0.39 is 17.9 Å². The van der Waals surface area contributed by atoms with Gasteiger partial charge in [0.1, 0.15) is 12.4 Å². The number of carbonyl (C=O) groups is 3. The molecule has 5 rings (SSSR count). The van der Waals surface area contributed by atoms with E-state index in [1.807, 2.05) is 0 Å². The maximum atomic E-state index is 13.5. The molecule has 0 aliphatic carbocycles. The van der Waals surface area contributed by atoms with Gasteiger partial charge in [-0.05, 0) is 59.0 Å². The highest BCUT2D eigenvalue weighted by molar-refractivity contribution is 6.30. The van der Waals surface area contributed by atoms with Crippen molar-refractivity contribution in [3.05, 3.63) is 88.5 Å². The van der Waals surface area contributed by atoms with E-state index in [2.05, 4.69) is 25.9 Å². The first-order valence-corrected chi connectivity index (χ1v) is 11.9. The number of anilines is 1. The van der Waals surface area contributed by atoms with Gasteiger partial charge in [0, 0.05) is 54.1 Å². The van der Waals surface area contributed by atoms with Gasteiger partial charge < -0.3 is 15.3 Å². The van der Waals surface area contributed by atoms with Gasteiger partial charge in [0.25, 0.3) is 5.91 Å². The fraction of sp³-hybridized carbons (Fsp3) is 0.160. The van der Waals surface area contributed by atoms with Gasteiger partial charge >= 0.3 is 5.97 Å². The number of nitrogens with one attached hydrogen (secondary N) is 1. The van der Waals surface area contributed by atoms with E-state index in [0.29, 0.717) is 33.9 Å². The molecule has 2 aromatic carbocycles. The highest BCUT2D eigenvalue weighted by Crippen LogP contribution is 2.31. The molecule has 4 aromatic rings. The molecule has 2 amide bonds. The zero-order valence-electron chi connectivity index (χ0n) is 20.0. The number of aryl methyl sites for hydroxylation is 1. The fourth-order valence-corrected chi connectivity index (χ4v) is 4.50. The summed E-state index contributed by atoms with van der Waals surface area (Å²) in [6.07, 6.45) is 6.62.